The van der Waals surface area contributed by atoms with Crippen LogP contribution in [0.15, 0.2) is 10.6 Å². The molecule has 1 aliphatic rings. The molecule has 1 aromatic rings. The number of nitrogens with one attached hydrogen (secondary N) is 1. The molecule has 3 heteroatoms. The molecule has 2 rings (SSSR count). The minimum atomic E-state index is 0.198. The standard InChI is InChI=1S/C16H28N2O/c1-16(2,3)18-11-7-10-15-17-12-14(19-15)13-8-5-4-6-9-13/h12-13,18H,4-11H2,1-3H3. The van der Waals surface area contributed by atoms with Gasteiger partial charge in [-0.25, -0.2) is 4.98 Å². The predicted molar refractivity (Wildman–Crippen MR) is 78.4 cm³/mol. The normalized spacial score (nSPS) is 17.8. The summed E-state index contributed by atoms with van der Waals surface area (Å²) in [5, 5.41) is 3.49. The SMILES string of the molecule is CC(C)(C)NCCCc1ncc(C2CCCCC2)o1. The van der Waals surface area contributed by atoms with Gasteiger partial charge in [-0.3, -0.25) is 0 Å². The molecular formula is C16H28N2O. The Morgan fingerprint density at radius 1 is 1.26 bits per heavy atom. The molecule has 0 atom stereocenters. The number of oxazole rings is 1. The highest BCUT2D eigenvalue weighted by molar-refractivity contribution is 5.03. The van der Waals surface area contributed by atoms with Crippen molar-refractivity contribution in [3.8, 4) is 0 Å². The third-order valence-corrected chi connectivity index (χ3v) is 3.80. The summed E-state index contributed by atoms with van der Waals surface area (Å²) in [6, 6.07) is 0. The molecule has 0 bridgehead atoms. The third kappa shape index (κ3) is 4.98. The van der Waals surface area contributed by atoms with E-state index in [1.54, 1.807) is 0 Å². The summed E-state index contributed by atoms with van der Waals surface area (Å²) in [6.45, 7) is 7.60. The highest BCUT2D eigenvalue weighted by Crippen LogP contribution is 2.32. The van der Waals surface area contributed by atoms with E-state index in [4.69, 9.17) is 4.42 Å². The summed E-state index contributed by atoms with van der Waals surface area (Å²) in [4.78, 5) is 4.43. The quantitative estimate of drug-likeness (QED) is 0.816. The van der Waals surface area contributed by atoms with Gasteiger partial charge in [-0.1, -0.05) is 19.3 Å². The van der Waals surface area contributed by atoms with Crippen LogP contribution in [-0.4, -0.2) is 17.1 Å². The average Bonchev–Trinajstić information content (AvgIpc) is 2.83. The smallest absolute Gasteiger partial charge is 0.194 e. The Labute approximate surface area is 117 Å². The van der Waals surface area contributed by atoms with Gasteiger partial charge in [0.25, 0.3) is 0 Å². The van der Waals surface area contributed by atoms with Crippen LogP contribution < -0.4 is 5.32 Å². The van der Waals surface area contributed by atoms with E-state index in [9.17, 15) is 0 Å². The van der Waals surface area contributed by atoms with Crippen LogP contribution in [0.1, 0.15) is 76.9 Å². The summed E-state index contributed by atoms with van der Waals surface area (Å²) < 4.78 is 5.92. The van der Waals surface area contributed by atoms with E-state index in [1.165, 1.54) is 32.1 Å². The van der Waals surface area contributed by atoms with Crippen LogP contribution in [-0.2, 0) is 6.42 Å². The van der Waals surface area contributed by atoms with Crippen LogP contribution in [0.5, 0.6) is 0 Å². The fraction of sp³-hybridized carbons (Fsp3) is 0.812. The Morgan fingerprint density at radius 3 is 2.68 bits per heavy atom. The van der Waals surface area contributed by atoms with Crippen LogP contribution in [0.4, 0.5) is 0 Å². The maximum atomic E-state index is 5.92. The second-order valence-electron chi connectivity index (χ2n) is 6.77. The van der Waals surface area contributed by atoms with E-state index in [1.807, 2.05) is 6.20 Å². The van der Waals surface area contributed by atoms with Gasteiger partial charge in [0.05, 0.1) is 6.20 Å². The Kier molecular flexibility index (Phi) is 5.03. The van der Waals surface area contributed by atoms with Gasteiger partial charge in [-0.05, 0) is 46.6 Å². The molecule has 0 amide bonds. The molecule has 0 aromatic carbocycles. The molecule has 1 aliphatic carbocycles. The van der Waals surface area contributed by atoms with Crippen molar-refractivity contribution in [1.82, 2.24) is 10.3 Å². The largest absolute Gasteiger partial charge is 0.445 e. The summed E-state index contributed by atoms with van der Waals surface area (Å²) in [5.41, 5.74) is 0.198. The first-order chi connectivity index (χ1) is 9.04. The molecule has 3 nitrogen and oxygen atoms in total. The van der Waals surface area contributed by atoms with Crippen molar-refractivity contribution in [3.63, 3.8) is 0 Å². The first-order valence-corrected chi connectivity index (χ1v) is 7.74. The van der Waals surface area contributed by atoms with E-state index in [2.05, 4.69) is 31.1 Å². The third-order valence-electron chi connectivity index (χ3n) is 3.80. The lowest BCUT2D eigenvalue weighted by Gasteiger charge is -2.20. The molecule has 19 heavy (non-hydrogen) atoms. The molecule has 1 aromatic heterocycles. The molecule has 1 N–H and O–H groups in total. The highest BCUT2D eigenvalue weighted by Gasteiger charge is 2.19. The van der Waals surface area contributed by atoms with Crippen LogP contribution >= 0.6 is 0 Å². The Bertz CT molecular complexity index is 372. The minimum absolute atomic E-state index is 0.198. The average molecular weight is 264 g/mol. The van der Waals surface area contributed by atoms with Crippen molar-refractivity contribution in [1.29, 1.82) is 0 Å². The van der Waals surface area contributed by atoms with Gasteiger partial charge in [-0.2, -0.15) is 0 Å². The first kappa shape index (κ1) is 14.6. The topological polar surface area (TPSA) is 38.1 Å². The lowest BCUT2D eigenvalue weighted by atomic mass is 9.88. The number of rotatable bonds is 5. The second kappa shape index (κ2) is 6.56. The van der Waals surface area contributed by atoms with Crippen molar-refractivity contribution in [3.05, 3.63) is 17.8 Å². The molecule has 0 saturated heterocycles. The monoisotopic (exact) mass is 264 g/mol. The van der Waals surface area contributed by atoms with Crippen molar-refractivity contribution in [2.24, 2.45) is 0 Å². The lowest BCUT2D eigenvalue weighted by molar-refractivity contribution is 0.355. The Balaban J connectivity index is 1.74. The van der Waals surface area contributed by atoms with E-state index >= 15 is 0 Å². The fourth-order valence-electron chi connectivity index (χ4n) is 2.72. The van der Waals surface area contributed by atoms with Gasteiger partial charge < -0.3 is 9.73 Å². The lowest BCUT2D eigenvalue weighted by Crippen LogP contribution is -2.36. The summed E-state index contributed by atoms with van der Waals surface area (Å²) >= 11 is 0. The van der Waals surface area contributed by atoms with Gasteiger partial charge in [-0.15, -0.1) is 0 Å². The number of aromatic nitrogens is 1. The maximum Gasteiger partial charge on any atom is 0.194 e. The van der Waals surface area contributed by atoms with Crippen molar-refractivity contribution in [2.45, 2.75) is 77.2 Å². The van der Waals surface area contributed by atoms with E-state index in [0.29, 0.717) is 5.92 Å². The van der Waals surface area contributed by atoms with Crippen molar-refractivity contribution < 1.29 is 4.42 Å². The number of hydrogen-bond acceptors (Lipinski definition) is 3. The van der Waals surface area contributed by atoms with Crippen LogP contribution in [0.3, 0.4) is 0 Å². The predicted octanol–water partition coefficient (Wildman–Crippen LogP) is 4.04. The summed E-state index contributed by atoms with van der Waals surface area (Å²) in [6.07, 6.45) is 10.6. The van der Waals surface area contributed by atoms with E-state index in [-0.39, 0.29) is 5.54 Å². The van der Waals surface area contributed by atoms with Gasteiger partial charge in [0, 0.05) is 17.9 Å². The number of hydrogen-bond donors (Lipinski definition) is 1. The van der Waals surface area contributed by atoms with Crippen molar-refractivity contribution in [2.75, 3.05) is 6.54 Å². The van der Waals surface area contributed by atoms with Gasteiger partial charge in [0.15, 0.2) is 5.89 Å². The van der Waals surface area contributed by atoms with Gasteiger partial charge in [0.1, 0.15) is 5.76 Å². The first-order valence-electron chi connectivity index (χ1n) is 7.74. The Hall–Kier alpha value is -0.830. The maximum absolute atomic E-state index is 5.92. The number of aryl methyl sites for hydroxylation is 1. The zero-order valence-corrected chi connectivity index (χ0v) is 12.7. The zero-order valence-electron chi connectivity index (χ0n) is 12.7. The van der Waals surface area contributed by atoms with Crippen LogP contribution in [0.25, 0.3) is 0 Å². The molecule has 1 heterocycles. The summed E-state index contributed by atoms with van der Waals surface area (Å²) in [7, 11) is 0. The zero-order chi connectivity index (χ0) is 13.7. The van der Waals surface area contributed by atoms with Crippen molar-refractivity contribution >= 4 is 0 Å². The molecule has 0 aliphatic heterocycles. The van der Waals surface area contributed by atoms with Gasteiger partial charge >= 0.3 is 0 Å². The minimum Gasteiger partial charge on any atom is -0.445 e. The molecule has 0 unspecified atom stereocenters. The Morgan fingerprint density at radius 2 is 2.00 bits per heavy atom. The molecule has 1 fully saturated rings. The van der Waals surface area contributed by atoms with E-state index < -0.39 is 0 Å². The fourth-order valence-corrected chi connectivity index (χ4v) is 2.72. The highest BCUT2D eigenvalue weighted by atomic mass is 16.4. The van der Waals surface area contributed by atoms with E-state index in [0.717, 1.165) is 31.0 Å². The molecule has 0 spiro atoms. The summed E-state index contributed by atoms with van der Waals surface area (Å²) in [5.74, 6) is 2.66. The van der Waals surface area contributed by atoms with Gasteiger partial charge in [0.2, 0.25) is 0 Å². The molecular weight excluding hydrogens is 236 g/mol. The second-order valence-corrected chi connectivity index (χ2v) is 6.77. The molecule has 108 valence electrons. The van der Waals surface area contributed by atoms with Crippen LogP contribution in [0.2, 0.25) is 0 Å². The van der Waals surface area contributed by atoms with Crippen LogP contribution in [0, 0.1) is 0 Å². The number of nitrogens with zero attached hydrogens (tertiary/aromatic N) is 1. The molecule has 1 saturated carbocycles. The molecule has 0 radical (unpaired) electrons.